The Labute approximate surface area is 108 Å². The normalized spacial score (nSPS) is 16.1. The van der Waals surface area contributed by atoms with Gasteiger partial charge in [-0.2, -0.15) is 5.26 Å². The van der Waals surface area contributed by atoms with Crippen molar-refractivity contribution in [3.8, 4) is 6.19 Å². The molecule has 0 atom stereocenters. The van der Waals surface area contributed by atoms with Crippen molar-refractivity contribution in [1.29, 1.82) is 5.26 Å². The van der Waals surface area contributed by atoms with Gasteiger partial charge in [0.2, 0.25) is 0 Å². The van der Waals surface area contributed by atoms with Crippen molar-refractivity contribution in [2.24, 2.45) is 0 Å². The number of anilines is 2. The molecule has 5 nitrogen and oxygen atoms in total. The molecule has 1 fully saturated rings. The predicted molar refractivity (Wildman–Crippen MR) is 71.3 cm³/mol. The van der Waals surface area contributed by atoms with E-state index in [-0.39, 0.29) is 0 Å². The lowest BCUT2D eigenvalue weighted by molar-refractivity contribution is 0.461. The number of nitriles is 1. The fraction of sp³-hybridized carbons (Fsp3) is 0.615. The molecule has 2 rings (SSSR count). The van der Waals surface area contributed by atoms with Crippen molar-refractivity contribution < 1.29 is 0 Å². The summed E-state index contributed by atoms with van der Waals surface area (Å²) >= 11 is 0. The summed E-state index contributed by atoms with van der Waals surface area (Å²) in [6.07, 6.45) is 8.36. The van der Waals surface area contributed by atoms with Crippen LogP contribution in [0.1, 0.15) is 37.9 Å². The zero-order valence-electron chi connectivity index (χ0n) is 11.0. The topological polar surface area (TPSA) is 64.8 Å². The molecule has 0 aliphatic heterocycles. The molecule has 0 aromatic carbocycles. The number of hydrogen-bond donors (Lipinski definition) is 1. The second kappa shape index (κ2) is 5.67. The first-order valence-corrected chi connectivity index (χ1v) is 6.44. The molecule has 0 spiro atoms. The van der Waals surface area contributed by atoms with Crippen LogP contribution in [-0.4, -0.2) is 23.1 Å². The summed E-state index contributed by atoms with van der Waals surface area (Å²) in [6.45, 7) is 1.85. The van der Waals surface area contributed by atoms with Gasteiger partial charge in [-0.05, 0) is 19.8 Å². The third kappa shape index (κ3) is 3.10. The van der Waals surface area contributed by atoms with E-state index in [4.69, 9.17) is 5.26 Å². The van der Waals surface area contributed by atoms with E-state index >= 15 is 0 Å². The average molecular weight is 245 g/mol. The van der Waals surface area contributed by atoms with Crippen LogP contribution in [0.2, 0.25) is 0 Å². The van der Waals surface area contributed by atoms with Crippen molar-refractivity contribution in [1.82, 2.24) is 9.97 Å². The highest BCUT2D eigenvalue weighted by Crippen LogP contribution is 2.22. The predicted octanol–water partition coefficient (Wildman–Crippen LogP) is 2.45. The standard InChI is InChI=1S/C13H19N5/c1-10-15-12(8-13(16-10)18(2)9-14)17-11-6-4-3-5-7-11/h8,11H,3-7H2,1-2H3,(H,15,16,17). The highest BCUT2D eigenvalue weighted by molar-refractivity contribution is 5.51. The van der Waals surface area contributed by atoms with E-state index in [1.807, 2.05) is 13.0 Å². The molecule has 18 heavy (non-hydrogen) atoms. The first-order chi connectivity index (χ1) is 8.69. The van der Waals surface area contributed by atoms with Crippen LogP contribution in [-0.2, 0) is 0 Å². The van der Waals surface area contributed by atoms with E-state index in [9.17, 15) is 0 Å². The highest BCUT2D eigenvalue weighted by Gasteiger charge is 2.14. The van der Waals surface area contributed by atoms with Crippen molar-refractivity contribution in [3.63, 3.8) is 0 Å². The smallest absolute Gasteiger partial charge is 0.185 e. The van der Waals surface area contributed by atoms with Crippen LogP contribution in [0, 0.1) is 18.4 Å². The van der Waals surface area contributed by atoms with Gasteiger partial charge in [0.05, 0.1) is 0 Å². The van der Waals surface area contributed by atoms with Crippen LogP contribution in [0.4, 0.5) is 11.6 Å². The summed E-state index contributed by atoms with van der Waals surface area (Å²) in [4.78, 5) is 10.1. The maximum Gasteiger partial charge on any atom is 0.185 e. The molecule has 1 aliphatic carbocycles. The maximum absolute atomic E-state index is 8.89. The average Bonchev–Trinajstić information content (AvgIpc) is 2.38. The fourth-order valence-corrected chi connectivity index (χ4v) is 2.30. The number of hydrogen-bond acceptors (Lipinski definition) is 5. The van der Waals surface area contributed by atoms with Gasteiger partial charge in [0.1, 0.15) is 17.5 Å². The zero-order valence-corrected chi connectivity index (χ0v) is 11.0. The Hall–Kier alpha value is -1.83. The number of aromatic nitrogens is 2. The van der Waals surface area contributed by atoms with E-state index in [1.54, 1.807) is 7.05 Å². The molecular formula is C13H19N5. The Kier molecular flexibility index (Phi) is 3.98. The lowest BCUT2D eigenvalue weighted by atomic mass is 9.95. The Morgan fingerprint density at radius 1 is 1.33 bits per heavy atom. The van der Waals surface area contributed by atoms with Crippen LogP contribution >= 0.6 is 0 Å². The van der Waals surface area contributed by atoms with Crippen LogP contribution in [0.5, 0.6) is 0 Å². The molecule has 1 heterocycles. The molecule has 96 valence electrons. The Morgan fingerprint density at radius 2 is 2.06 bits per heavy atom. The number of nitrogens with zero attached hydrogens (tertiary/aromatic N) is 4. The molecule has 0 radical (unpaired) electrons. The molecule has 1 aromatic heterocycles. The lowest BCUT2D eigenvalue weighted by Gasteiger charge is -2.23. The minimum absolute atomic E-state index is 0.508. The molecule has 0 saturated heterocycles. The SMILES string of the molecule is Cc1nc(NC2CCCCC2)cc(N(C)C#N)n1. The molecule has 1 N–H and O–H groups in total. The summed E-state index contributed by atoms with van der Waals surface area (Å²) in [5.74, 6) is 2.16. The summed E-state index contributed by atoms with van der Waals surface area (Å²) in [7, 11) is 1.70. The third-order valence-electron chi connectivity index (χ3n) is 3.28. The van der Waals surface area contributed by atoms with Gasteiger partial charge in [0, 0.05) is 19.2 Å². The van der Waals surface area contributed by atoms with Crippen LogP contribution in [0.3, 0.4) is 0 Å². The Balaban J connectivity index is 2.12. The maximum atomic E-state index is 8.89. The molecule has 0 unspecified atom stereocenters. The molecule has 1 aliphatic rings. The van der Waals surface area contributed by atoms with Gasteiger partial charge in [-0.25, -0.2) is 9.97 Å². The zero-order chi connectivity index (χ0) is 13.0. The van der Waals surface area contributed by atoms with Gasteiger partial charge >= 0.3 is 0 Å². The Morgan fingerprint density at radius 3 is 2.72 bits per heavy atom. The summed E-state index contributed by atoms with van der Waals surface area (Å²) < 4.78 is 0. The van der Waals surface area contributed by atoms with Crippen LogP contribution in [0.25, 0.3) is 0 Å². The van der Waals surface area contributed by atoms with Crippen molar-refractivity contribution >= 4 is 11.6 Å². The minimum Gasteiger partial charge on any atom is -0.367 e. The Bertz CT molecular complexity index is 445. The number of nitrogens with one attached hydrogen (secondary N) is 1. The molecule has 0 amide bonds. The first-order valence-electron chi connectivity index (χ1n) is 6.44. The van der Waals surface area contributed by atoms with Gasteiger partial charge in [0.25, 0.3) is 0 Å². The monoisotopic (exact) mass is 245 g/mol. The second-order valence-corrected chi connectivity index (χ2v) is 4.80. The van der Waals surface area contributed by atoms with Gasteiger partial charge < -0.3 is 5.32 Å². The minimum atomic E-state index is 0.508. The third-order valence-corrected chi connectivity index (χ3v) is 3.28. The number of rotatable bonds is 3. The summed E-state index contributed by atoms with van der Waals surface area (Å²) in [5, 5.41) is 12.3. The molecular weight excluding hydrogens is 226 g/mol. The largest absolute Gasteiger partial charge is 0.367 e. The van der Waals surface area contributed by atoms with Gasteiger partial charge in [0.15, 0.2) is 6.19 Å². The van der Waals surface area contributed by atoms with E-state index in [0.717, 1.165) is 5.82 Å². The van der Waals surface area contributed by atoms with E-state index in [2.05, 4.69) is 21.5 Å². The van der Waals surface area contributed by atoms with Gasteiger partial charge in [-0.1, -0.05) is 19.3 Å². The molecule has 5 heteroatoms. The lowest BCUT2D eigenvalue weighted by Crippen LogP contribution is -2.23. The number of aryl methyl sites for hydroxylation is 1. The molecule has 1 aromatic rings. The van der Waals surface area contributed by atoms with Crippen molar-refractivity contribution in [2.45, 2.75) is 45.1 Å². The molecule has 0 bridgehead atoms. The van der Waals surface area contributed by atoms with E-state index in [1.165, 1.54) is 37.0 Å². The second-order valence-electron chi connectivity index (χ2n) is 4.80. The highest BCUT2D eigenvalue weighted by atomic mass is 15.2. The van der Waals surface area contributed by atoms with Crippen LogP contribution in [0.15, 0.2) is 6.07 Å². The quantitative estimate of drug-likeness (QED) is 0.654. The molecule has 1 saturated carbocycles. The first kappa shape index (κ1) is 12.6. The van der Waals surface area contributed by atoms with Gasteiger partial charge in [-0.3, -0.25) is 4.90 Å². The van der Waals surface area contributed by atoms with Gasteiger partial charge in [-0.15, -0.1) is 0 Å². The van der Waals surface area contributed by atoms with E-state index < -0.39 is 0 Å². The van der Waals surface area contributed by atoms with Crippen molar-refractivity contribution in [3.05, 3.63) is 11.9 Å². The summed E-state index contributed by atoms with van der Waals surface area (Å²) in [5.41, 5.74) is 0. The van der Waals surface area contributed by atoms with Crippen LogP contribution < -0.4 is 10.2 Å². The van der Waals surface area contributed by atoms with E-state index in [0.29, 0.717) is 17.7 Å². The fourth-order valence-electron chi connectivity index (χ4n) is 2.30. The summed E-state index contributed by atoms with van der Waals surface area (Å²) in [6, 6.07) is 2.35. The van der Waals surface area contributed by atoms with Crippen molar-refractivity contribution in [2.75, 3.05) is 17.3 Å².